The maximum Gasteiger partial charge on any atom is 0.323 e. The van der Waals surface area contributed by atoms with Crippen LogP contribution in [0.1, 0.15) is 5.76 Å². The Morgan fingerprint density at radius 1 is 1.38 bits per heavy atom. The summed E-state index contributed by atoms with van der Waals surface area (Å²) in [5, 5.41) is 8.87. The number of anilines is 1. The molecule has 0 atom stereocenters. The Balaban J connectivity index is 1.85. The number of nitrogens with zero attached hydrogens (tertiary/aromatic N) is 1. The minimum atomic E-state index is -1.12. The van der Waals surface area contributed by atoms with Gasteiger partial charge in [0.1, 0.15) is 22.4 Å². The van der Waals surface area contributed by atoms with Crippen LogP contribution in [0.3, 0.4) is 0 Å². The van der Waals surface area contributed by atoms with E-state index < -0.39 is 18.4 Å². The fourth-order valence-corrected chi connectivity index (χ4v) is 3.61. The number of carboxylic acids is 1. The summed E-state index contributed by atoms with van der Waals surface area (Å²) in [7, 11) is 1.52. The predicted molar refractivity (Wildman–Crippen MR) is 102 cm³/mol. The molecule has 134 valence electrons. The fraction of sp³-hybridized carbons (Fsp3) is 0.118. The second-order valence-electron chi connectivity index (χ2n) is 5.22. The maximum atomic E-state index is 12.3. The molecular weight excluding hydrogens is 376 g/mol. The molecule has 0 aliphatic carbocycles. The average molecular weight is 390 g/mol. The van der Waals surface area contributed by atoms with Gasteiger partial charge < -0.3 is 9.52 Å². The van der Waals surface area contributed by atoms with Crippen molar-refractivity contribution in [3.8, 4) is 11.3 Å². The lowest BCUT2D eigenvalue weighted by Crippen LogP contribution is -2.33. The summed E-state index contributed by atoms with van der Waals surface area (Å²) in [6.45, 7) is -0.457. The van der Waals surface area contributed by atoms with Crippen LogP contribution in [0.2, 0.25) is 0 Å². The number of benzene rings is 1. The molecule has 0 radical (unpaired) electrons. The van der Waals surface area contributed by atoms with Crippen LogP contribution < -0.4 is 5.48 Å². The molecule has 0 spiro atoms. The van der Waals surface area contributed by atoms with Gasteiger partial charge in [-0.15, -0.1) is 0 Å². The lowest BCUT2D eigenvalue weighted by molar-refractivity contribution is -0.140. The molecule has 0 unspecified atom stereocenters. The third-order valence-corrected chi connectivity index (χ3v) is 4.85. The van der Waals surface area contributed by atoms with Crippen molar-refractivity contribution in [3.05, 3.63) is 47.1 Å². The predicted octanol–water partition coefficient (Wildman–Crippen LogP) is 3.21. The number of nitrogens with one attached hydrogen (secondary N) is 1. The lowest BCUT2D eigenvalue weighted by atomic mass is 10.1. The van der Waals surface area contributed by atoms with Crippen LogP contribution in [0.15, 0.2) is 45.7 Å². The summed E-state index contributed by atoms with van der Waals surface area (Å²) >= 11 is 6.12. The summed E-state index contributed by atoms with van der Waals surface area (Å²) < 4.78 is 6.02. The van der Waals surface area contributed by atoms with Crippen LogP contribution in [0, 0.1) is 0 Å². The van der Waals surface area contributed by atoms with E-state index in [2.05, 4.69) is 5.48 Å². The molecule has 7 nitrogen and oxygen atoms in total. The number of thioether (sulfide) groups is 1. The minimum Gasteiger partial charge on any atom is -0.480 e. The van der Waals surface area contributed by atoms with E-state index in [1.807, 2.05) is 24.3 Å². The van der Waals surface area contributed by atoms with Crippen molar-refractivity contribution in [1.29, 1.82) is 0 Å². The monoisotopic (exact) mass is 390 g/mol. The van der Waals surface area contributed by atoms with Crippen LogP contribution in [-0.4, -0.2) is 39.9 Å². The first kappa shape index (κ1) is 18.2. The molecule has 2 aromatic rings. The van der Waals surface area contributed by atoms with Gasteiger partial charge in [0.2, 0.25) is 0 Å². The van der Waals surface area contributed by atoms with Crippen molar-refractivity contribution < 1.29 is 24.0 Å². The standard InChI is InChI=1S/C17H14N2O5S2/c1-23-18-12-5-3-2-4-11(12)13-7-6-10(24-13)8-14-16(22)19(9-15(20)21)17(25)26-14/h2-8,18H,9H2,1H3,(H,20,21)/b14-8-. The van der Waals surface area contributed by atoms with Gasteiger partial charge in [0.25, 0.3) is 5.91 Å². The first-order chi connectivity index (χ1) is 12.5. The Morgan fingerprint density at radius 2 is 2.15 bits per heavy atom. The Bertz CT molecular complexity index is 906. The van der Waals surface area contributed by atoms with E-state index in [0.29, 0.717) is 16.4 Å². The Morgan fingerprint density at radius 3 is 2.88 bits per heavy atom. The van der Waals surface area contributed by atoms with E-state index in [0.717, 1.165) is 27.9 Å². The van der Waals surface area contributed by atoms with Crippen molar-refractivity contribution in [2.75, 3.05) is 19.1 Å². The van der Waals surface area contributed by atoms with Crippen molar-refractivity contribution in [2.24, 2.45) is 0 Å². The molecule has 1 aliphatic heterocycles. The second kappa shape index (κ2) is 7.73. The van der Waals surface area contributed by atoms with E-state index in [1.54, 1.807) is 18.2 Å². The minimum absolute atomic E-state index is 0.213. The smallest absolute Gasteiger partial charge is 0.323 e. The second-order valence-corrected chi connectivity index (χ2v) is 6.89. The zero-order chi connectivity index (χ0) is 18.7. The summed E-state index contributed by atoms with van der Waals surface area (Å²) in [4.78, 5) is 29.5. The van der Waals surface area contributed by atoms with Crippen molar-refractivity contribution in [3.63, 3.8) is 0 Å². The lowest BCUT2D eigenvalue weighted by Gasteiger charge is -2.10. The number of hydrogen-bond acceptors (Lipinski definition) is 7. The highest BCUT2D eigenvalue weighted by Gasteiger charge is 2.33. The average Bonchev–Trinajstić information content (AvgIpc) is 3.16. The van der Waals surface area contributed by atoms with Gasteiger partial charge in [0.15, 0.2) is 0 Å². The summed E-state index contributed by atoms with van der Waals surface area (Å²) in [5.74, 6) is -0.507. The number of thiocarbonyl (C=S) groups is 1. The number of carbonyl (C=O) groups excluding carboxylic acids is 1. The van der Waals surface area contributed by atoms with Gasteiger partial charge in [-0.25, -0.2) is 0 Å². The summed E-state index contributed by atoms with van der Waals surface area (Å²) in [5.41, 5.74) is 4.32. The maximum absolute atomic E-state index is 12.3. The highest BCUT2D eigenvalue weighted by Crippen LogP contribution is 2.34. The fourth-order valence-electron chi connectivity index (χ4n) is 2.37. The molecule has 2 N–H and O–H groups in total. The molecular formula is C17H14N2O5S2. The SMILES string of the molecule is CONc1ccccc1-c1ccc(/C=C2\SC(=S)N(CC(=O)O)C2=O)o1. The first-order valence-electron chi connectivity index (χ1n) is 7.45. The molecule has 1 aromatic carbocycles. The van der Waals surface area contributed by atoms with E-state index in [1.165, 1.54) is 7.11 Å². The number of furan rings is 1. The number of hydrogen-bond donors (Lipinski definition) is 2. The van der Waals surface area contributed by atoms with Crippen molar-refractivity contribution >= 4 is 51.9 Å². The van der Waals surface area contributed by atoms with Gasteiger partial charge in [-0.2, -0.15) is 0 Å². The Labute approximate surface area is 158 Å². The summed E-state index contributed by atoms with van der Waals surface area (Å²) in [6, 6.07) is 11.0. The molecule has 1 amide bonds. The first-order valence-corrected chi connectivity index (χ1v) is 8.67. The Kier molecular flexibility index (Phi) is 5.40. The van der Waals surface area contributed by atoms with E-state index >= 15 is 0 Å². The van der Waals surface area contributed by atoms with Crippen LogP contribution in [0.25, 0.3) is 17.4 Å². The number of aliphatic carboxylic acids is 1. The van der Waals surface area contributed by atoms with Crippen molar-refractivity contribution in [1.82, 2.24) is 4.90 Å². The molecule has 1 fully saturated rings. The number of rotatable bonds is 6. The number of carbonyl (C=O) groups is 2. The molecule has 0 bridgehead atoms. The molecule has 0 saturated carbocycles. The highest BCUT2D eigenvalue weighted by molar-refractivity contribution is 8.26. The molecule has 1 aromatic heterocycles. The normalized spacial score (nSPS) is 15.7. The molecule has 2 heterocycles. The topological polar surface area (TPSA) is 92.0 Å². The zero-order valence-corrected chi connectivity index (χ0v) is 15.2. The molecule has 1 saturated heterocycles. The number of para-hydroxylation sites is 1. The molecule has 26 heavy (non-hydrogen) atoms. The van der Waals surface area contributed by atoms with Crippen LogP contribution >= 0.6 is 24.0 Å². The Hall–Kier alpha value is -2.62. The van der Waals surface area contributed by atoms with Gasteiger partial charge >= 0.3 is 5.97 Å². The molecule has 3 rings (SSSR count). The third kappa shape index (κ3) is 3.79. The van der Waals surface area contributed by atoms with Crippen LogP contribution in [0.5, 0.6) is 0 Å². The van der Waals surface area contributed by atoms with Crippen LogP contribution in [-0.2, 0) is 14.4 Å². The van der Waals surface area contributed by atoms with Gasteiger partial charge in [0.05, 0.1) is 17.7 Å². The molecule has 1 aliphatic rings. The largest absolute Gasteiger partial charge is 0.480 e. The number of carboxylic acid groups (broad SMARTS) is 1. The van der Waals surface area contributed by atoms with Crippen LogP contribution in [0.4, 0.5) is 5.69 Å². The van der Waals surface area contributed by atoms with Crippen molar-refractivity contribution in [2.45, 2.75) is 0 Å². The van der Waals surface area contributed by atoms with Gasteiger partial charge in [-0.3, -0.25) is 24.8 Å². The zero-order valence-electron chi connectivity index (χ0n) is 13.6. The van der Waals surface area contributed by atoms with E-state index in [-0.39, 0.29) is 4.32 Å². The summed E-state index contributed by atoms with van der Waals surface area (Å²) in [6.07, 6.45) is 1.55. The third-order valence-electron chi connectivity index (χ3n) is 3.47. The quantitative estimate of drug-likeness (QED) is 0.441. The highest BCUT2D eigenvalue weighted by atomic mass is 32.2. The van der Waals surface area contributed by atoms with Gasteiger partial charge in [-0.1, -0.05) is 36.1 Å². The van der Waals surface area contributed by atoms with E-state index in [9.17, 15) is 9.59 Å². The van der Waals surface area contributed by atoms with Gasteiger partial charge in [0, 0.05) is 11.6 Å². The number of amides is 1. The van der Waals surface area contributed by atoms with E-state index in [4.69, 9.17) is 26.6 Å². The van der Waals surface area contributed by atoms with Gasteiger partial charge in [-0.05, 0) is 24.3 Å². The molecule has 9 heteroatoms.